The Morgan fingerprint density at radius 1 is 1.28 bits per heavy atom. The highest BCUT2D eigenvalue weighted by molar-refractivity contribution is 5.75. The molecule has 0 aliphatic heterocycles. The zero-order valence-corrected chi connectivity index (χ0v) is 9.75. The molecule has 1 heterocycles. The van der Waals surface area contributed by atoms with Gasteiger partial charge in [0.25, 0.3) is 5.56 Å². The molecule has 0 radical (unpaired) electrons. The lowest BCUT2D eigenvalue weighted by molar-refractivity contribution is 0.112. The van der Waals surface area contributed by atoms with Gasteiger partial charge in [-0.15, -0.1) is 0 Å². The number of aromatic nitrogens is 1. The number of nitrogens with zero attached hydrogens (tertiary/aromatic N) is 2. The fraction of sp³-hybridized carbons (Fsp3) is 0.0714. The number of hydrogen-bond acceptors (Lipinski definition) is 3. The predicted octanol–water partition coefficient (Wildman–Crippen LogP) is 1.83. The standard InChI is InChI=1S/C14H10N2O2/c1-10-11(8-15)7-12(9-17)14(18)16(10)13-5-3-2-4-6-13/h2-7,9H,1H3. The minimum atomic E-state index is -0.410. The van der Waals surface area contributed by atoms with Gasteiger partial charge in [0.2, 0.25) is 0 Å². The largest absolute Gasteiger partial charge is 0.298 e. The molecule has 18 heavy (non-hydrogen) atoms. The van der Waals surface area contributed by atoms with E-state index in [1.54, 1.807) is 31.2 Å². The van der Waals surface area contributed by atoms with E-state index >= 15 is 0 Å². The average molecular weight is 238 g/mol. The minimum absolute atomic E-state index is 0.0130. The highest BCUT2D eigenvalue weighted by Gasteiger charge is 2.12. The van der Waals surface area contributed by atoms with Gasteiger partial charge < -0.3 is 0 Å². The van der Waals surface area contributed by atoms with Crippen LogP contribution in [0.3, 0.4) is 0 Å². The first kappa shape index (κ1) is 11.8. The van der Waals surface area contributed by atoms with Gasteiger partial charge in [-0.1, -0.05) is 18.2 Å². The molecule has 1 aromatic carbocycles. The molecule has 1 aromatic heterocycles. The smallest absolute Gasteiger partial charge is 0.265 e. The number of aldehydes is 1. The van der Waals surface area contributed by atoms with Crippen molar-refractivity contribution >= 4 is 6.29 Å². The molecule has 2 rings (SSSR count). The van der Waals surface area contributed by atoms with Gasteiger partial charge in [0, 0.05) is 11.4 Å². The van der Waals surface area contributed by atoms with Gasteiger partial charge in [-0.05, 0) is 25.1 Å². The van der Waals surface area contributed by atoms with Crippen LogP contribution < -0.4 is 5.56 Å². The number of rotatable bonds is 2. The van der Waals surface area contributed by atoms with E-state index in [0.29, 0.717) is 23.2 Å². The molecular weight excluding hydrogens is 228 g/mol. The third kappa shape index (κ3) is 1.82. The molecule has 4 heteroatoms. The Labute approximate surface area is 104 Å². The number of hydrogen-bond donors (Lipinski definition) is 0. The molecule has 0 saturated carbocycles. The second-order valence-corrected chi connectivity index (χ2v) is 3.80. The van der Waals surface area contributed by atoms with Crippen molar-refractivity contribution in [3.8, 4) is 11.8 Å². The Morgan fingerprint density at radius 3 is 2.50 bits per heavy atom. The van der Waals surface area contributed by atoms with Crippen molar-refractivity contribution in [1.82, 2.24) is 4.57 Å². The van der Waals surface area contributed by atoms with Crippen molar-refractivity contribution in [3.63, 3.8) is 0 Å². The molecule has 0 aliphatic rings. The monoisotopic (exact) mass is 238 g/mol. The lowest BCUT2D eigenvalue weighted by Crippen LogP contribution is -2.25. The average Bonchev–Trinajstić information content (AvgIpc) is 2.40. The molecule has 0 bridgehead atoms. The van der Waals surface area contributed by atoms with Crippen molar-refractivity contribution < 1.29 is 4.79 Å². The van der Waals surface area contributed by atoms with Gasteiger partial charge in [0.15, 0.2) is 6.29 Å². The van der Waals surface area contributed by atoms with Gasteiger partial charge in [0.1, 0.15) is 6.07 Å². The van der Waals surface area contributed by atoms with Crippen LogP contribution in [0.25, 0.3) is 5.69 Å². The molecule has 0 fully saturated rings. The number of benzene rings is 1. The van der Waals surface area contributed by atoms with Crippen LogP contribution in [-0.4, -0.2) is 10.9 Å². The van der Waals surface area contributed by atoms with E-state index in [0.717, 1.165) is 0 Å². The highest BCUT2D eigenvalue weighted by Crippen LogP contribution is 2.12. The Bertz CT molecular complexity index is 694. The molecule has 0 atom stereocenters. The van der Waals surface area contributed by atoms with E-state index in [-0.39, 0.29) is 5.56 Å². The first-order chi connectivity index (χ1) is 8.69. The van der Waals surface area contributed by atoms with Crippen LogP contribution in [-0.2, 0) is 0 Å². The van der Waals surface area contributed by atoms with E-state index in [2.05, 4.69) is 0 Å². The quantitative estimate of drug-likeness (QED) is 0.750. The number of nitriles is 1. The molecule has 0 amide bonds. The molecule has 2 aromatic rings. The Hall–Kier alpha value is -2.67. The maximum atomic E-state index is 12.1. The zero-order valence-electron chi connectivity index (χ0n) is 9.75. The summed E-state index contributed by atoms with van der Waals surface area (Å²) >= 11 is 0. The molecule has 0 unspecified atom stereocenters. The van der Waals surface area contributed by atoms with E-state index in [1.165, 1.54) is 10.6 Å². The summed E-state index contributed by atoms with van der Waals surface area (Å²) in [6.45, 7) is 1.68. The van der Waals surface area contributed by atoms with E-state index in [9.17, 15) is 9.59 Å². The summed E-state index contributed by atoms with van der Waals surface area (Å²) in [7, 11) is 0. The van der Waals surface area contributed by atoms with Gasteiger partial charge in [-0.2, -0.15) is 5.26 Å². The number of carbonyl (C=O) groups is 1. The zero-order chi connectivity index (χ0) is 13.1. The lowest BCUT2D eigenvalue weighted by atomic mass is 10.1. The normalized spacial score (nSPS) is 9.78. The Kier molecular flexibility index (Phi) is 3.07. The third-order valence-corrected chi connectivity index (χ3v) is 2.74. The first-order valence-electron chi connectivity index (χ1n) is 5.36. The molecular formula is C14H10N2O2. The van der Waals surface area contributed by atoms with Crippen molar-refractivity contribution in [2.45, 2.75) is 6.92 Å². The van der Waals surface area contributed by atoms with E-state index in [4.69, 9.17) is 5.26 Å². The summed E-state index contributed by atoms with van der Waals surface area (Å²) < 4.78 is 1.38. The van der Waals surface area contributed by atoms with Gasteiger partial charge in [0.05, 0.1) is 11.1 Å². The van der Waals surface area contributed by atoms with Crippen molar-refractivity contribution in [3.05, 3.63) is 63.6 Å². The van der Waals surface area contributed by atoms with Crippen LogP contribution in [0.5, 0.6) is 0 Å². The summed E-state index contributed by atoms with van der Waals surface area (Å²) in [5.74, 6) is 0. The second-order valence-electron chi connectivity index (χ2n) is 3.80. The van der Waals surface area contributed by atoms with E-state index in [1.807, 2.05) is 12.1 Å². The third-order valence-electron chi connectivity index (χ3n) is 2.74. The highest BCUT2D eigenvalue weighted by atomic mass is 16.1. The van der Waals surface area contributed by atoms with Gasteiger partial charge >= 0.3 is 0 Å². The van der Waals surface area contributed by atoms with Crippen LogP contribution >= 0.6 is 0 Å². The summed E-state index contributed by atoms with van der Waals surface area (Å²) in [5, 5.41) is 9.02. The van der Waals surface area contributed by atoms with Crippen LogP contribution in [0.15, 0.2) is 41.2 Å². The summed E-state index contributed by atoms with van der Waals surface area (Å²) in [6, 6.07) is 12.2. The van der Waals surface area contributed by atoms with E-state index < -0.39 is 5.56 Å². The van der Waals surface area contributed by atoms with Crippen LogP contribution in [0.4, 0.5) is 0 Å². The Balaban J connectivity index is 2.86. The van der Waals surface area contributed by atoms with Crippen molar-refractivity contribution in [1.29, 1.82) is 5.26 Å². The molecule has 88 valence electrons. The maximum Gasteiger partial charge on any atom is 0.265 e. The Morgan fingerprint density at radius 2 is 1.94 bits per heavy atom. The van der Waals surface area contributed by atoms with Crippen molar-refractivity contribution in [2.24, 2.45) is 0 Å². The van der Waals surface area contributed by atoms with Gasteiger partial charge in [-0.25, -0.2) is 0 Å². The molecule has 0 saturated heterocycles. The maximum absolute atomic E-state index is 12.1. The molecule has 0 aliphatic carbocycles. The van der Waals surface area contributed by atoms with Crippen LogP contribution in [0.1, 0.15) is 21.6 Å². The predicted molar refractivity (Wildman–Crippen MR) is 66.9 cm³/mol. The molecule has 4 nitrogen and oxygen atoms in total. The van der Waals surface area contributed by atoms with Gasteiger partial charge in [-0.3, -0.25) is 14.2 Å². The van der Waals surface area contributed by atoms with Crippen LogP contribution in [0, 0.1) is 18.3 Å². The second kappa shape index (κ2) is 4.68. The lowest BCUT2D eigenvalue weighted by Gasteiger charge is -2.11. The fourth-order valence-electron chi connectivity index (χ4n) is 1.81. The minimum Gasteiger partial charge on any atom is -0.298 e. The first-order valence-corrected chi connectivity index (χ1v) is 5.36. The summed E-state index contributed by atoms with van der Waals surface area (Å²) in [5.41, 5.74) is 1.06. The van der Waals surface area contributed by atoms with Crippen LogP contribution in [0.2, 0.25) is 0 Å². The number of pyridine rings is 1. The molecule has 0 N–H and O–H groups in total. The van der Waals surface area contributed by atoms with Crippen molar-refractivity contribution in [2.75, 3.05) is 0 Å². The SMILES string of the molecule is Cc1c(C#N)cc(C=O)c(=O)n1-c1ccccc1. The summed E-state index contributed by atoms with van der Waals surface area (Å²) in [6.07, 6.45) is 0.474. The number of para-hydroxylation sites is 1. The topological polar surface area (TPSA) is 62.9 Å². The fourth-order valence-corrected chi connectivity index (χ4v) is 1.81. The molecule has 0 spiro atoms. The number of carbonyl (C=O) groups excluding carboxylic acids is 1. The summed E-state index contributed by atoms with van der Waals surface area (Å²) in [4.78, 5) is 23.0.